The number of hydrogen-bond acceptors (Lipinski definition) is 3. The Morgan fingerprint density at radius 2 is 2.00 bits per heavy atom. The lowest BCUT2D eigenvalue weighted by atomic mass is 9.92. The van der Waals surface area contributed by atoms with E-state index in [1.54, 1.807) is 4.90 Å². The van der Waals surface area contributed by atoms with Crippen LogP contribution < -0.4 is 4.74 Å². The highest BCUT2D eigenvalue weighted by atomic mass is 16.5. The molecular formula is C20H27NO4. The van der Waals surface area contributed by atoms with Gasteiger partial charge in [-0.25, -0.2) is 0 Å². The lowest BCUT2D eigenvalue weighted by Crippen LogP contribution is -2.34. The van der Waals surface area contributed by atoms with Gasteiger partial charge in [-0.2, -0.15) is 0 Å². The maximum atomic E-state index is 12.5. The van der Waals surface area contributed by atoms with E-state index in [0.717, 1.165) is 30.6 Å². The normalized spacial score (nSPS) is 24.2. The number of rotatable bonds is 7. The molecule has 1 saturated heterocycles. The molecule has 3 atom stereocenters. The van der Waals surface area contributed by atoms with Crippen LogP contribution in [-0.4, -0.2) is 41.6 Å². The van der Waals surface area contributed by atoms with Crippen LogP contribution >= 0.6 is 0 Å². The third-order valence-electron chi connectivity index (χ3n) is 5.68. The number of carbonyl (C=O) groups excluding carboxylic acids is 1. The molecule has 1 unspecified atom stereocenters. The van der Waals surface area contributed by atoms with Gasteiger partial charge in [0, 0.05) is 13.1 Å². The number of hydrogen-bond donors (Lipinski definition) is 1. The molecule has 1 N–H and O–H groups in total. The predicted molar refractivity (Wildman–Crippen MR) is 94.6 cm³/mol. The van der Waals surface area contributed by atoms with Crippen molar-refractivity contribution in [3.05, 3.63) is 29.8 Å². The first-order valence-electron chi connectivity index (χ1n) is 9.23. The largest absolute Gasteiger partial charge is 0.483 e. The Kier molecular flexibility index (Phi) is 5.30. The van der Waals surface area contributed by atoms with Crippen molar-refractivity contribution in [1.82, 2.24) is 4.90 Å². The highest BCUT2D eigenvalue weighted by Gasteiger charge is 2.46. The van der Waals surface area contributed by atoms with E-state index >= 15 is 0 Å². The highest BCUT2D eigenvalue weighted by molar-refractivity contribution is 5.80. The Hall–Kier alpha value is -2.04. The number of carboxylic acid groups (broad SMARTS) is 1. The van der Waals surface area contributed by atoms with E-state index in [4.69, 9.17) is 4.74 Å². The van der Waals surface area contributed by atoms with Crippen LogP contribution in [0.4, 0.5) is 0 Å². The van der Waals surface area contributed by atoms with Gasteiger partial charge in [0.1, 0.15) is 5.75 Å². The van der Waals surface area contributed by atoms with Gasteiger partial charge >= 0.3 is 5.97 Å². The van der Waals surface area contributed by atoms with Crippen molar-refractivity contribution < 1.29 is 19.4 Å². The molecule has 25 heavy (non-hydrogen) atoms. The van der Waals surface area contributed by atoms with Gasteiger partial charge in [0.2, 0.25) is 0 Å². The molecule has 3 rings (SSSR count). The number of para-hydroxylation sites is 1. The van der Waals surface area contributed by atoms with Gasteiger partial charge in [0.05, 0.1) is 5.92 Å². The van der Waals surface area contributed by atoms with Gasteiger partial charge in [0.25, 0.3) is 5.91 Å². The third kappa shape index (κ3) is 3.97. The lowest BCUT2D eigenvalue weighted by molar-refractivity contribution is -0.142. The van der Waals surface area contributed by atoms with Crippen LogP contribution in [0.3, 0.4) is 0 Å². The fourth-order valence-corrected chi connectivity index (χ4v) is 3.77. The van der Waals surface area contributed by atoms with Crippen molar-refractivity contribution in [2.75, 3.05) is 19.7 Å². The third-order valence-corrected chi connectivity index (χ3v) is 5.68. The summed E-state index contributed by atoms with van der Waals surface area (Å²) < 4.78 is 5.80. The number of carboxylic acids is 1. The SMILES string of the molecule is CCC(C)c1ccccc1OCC(=O)N1C[C@H](C(=O)O)[C@@H](C2CC2)C1. The molecule has 1 aromatic rings. The molecule has 0 aromatic heterocycles. The van der Waals surface area contributed by atoms with Gasteiger partial charge in [-0.1, -0.05) is 32.0 Å². The van der Waals surface area contributed by atoms with Gasteiger partial charge in [-0.05, 0) is 48.6 Å². The molecule has 1 amide bonds. The minimum Gasteiger partial charge on any atom is -0.483 e. The van der Waals surface area contributed by atoms with E-state index in [1.165, 1.54) is 0 Å². The van der Waals surface area contributed by atoms with Gasteiger partial charge in [0.15, 0.2) is 6.61 Å². The first-order chi connectivity index (χ1) is 12.0. The van der Waals surface area contributed by atoms with E-state index in [-0.39, 0.29) is 18.4 Å². The summed E-state index contributed by atoms with van der Waals surface area (Å²) in [5.74, 6) is 0.374. The average molecular weight is 345 g/mol. The van der Waals surface area contributed by atoms with E-state index in [9.17, 15) is 14.7 Å². The molecule has 136 valence electrons. The predicted octanol–water partition coefficient (Wildman–Crippen LogP) is 3.15. The molecule has 1 heterocycles. The molecule has 0 radical (unpaired) electrons. The Labute approximate surface area is 149 Å². The number of carbonyl (C=O) groups is 2. The first-order valence-corrected chi connectivity index (χ1v) is 9.23. The molecule has 1 saturated carbocycles. The summed E-state index contributed by atoms with van der Waals surface area (Å²) in [4.78, 5) is 25.7. The zero-order chi connectivity index (χ0) is 18.0. The number of likely N-dealkylation sites (tertiary alicyclic amines) is 1. The van der Waals surface area contributed by atoms with E-state index < -0.39 is 11.9 Å². The quantitative estimate of drug-likeness (QED) is 0.824. The van der Waals surface area contributed by atoms with E-state index in [0.29, 0.717) is 24.9 Å². The zero-order valence-corrected chi connectivity index (χ0v) is 15.0. The maximum Gasteiger partial charge on any atom is 0.308 e. The number of ether oxygens (including phenoxy) is 1. The summed E-state index contributed by atoms with van der Waals surface area (Å²) >= 11 is 0. The summed E-state index contributed by atoms with van der Waals surface area (Å²) in [6, 6.07) is 7.82. The van der Waals surface area contributed by atoms with Crippen LogP contribution in [-0.2, 0) is 9.59 Å². The zero-order valence-electron chi connectivity index (χ0n) is 15.0. The second-order valence-electron chi connectivity index (χ2n) is 7.38. The van der Waals surface area contributed by atoms with Crippen LogP contribution in [0.5, 0.6) is 5.75 Å². The Morgan fingerprint density at radius 1 is 1.28 bits per heavy atom. The fourth-order valence-electron chi connectivity index (χ4n) is 3.77. The monoisotopic (exact) mass is 345 g/mol. The fraction of sp³-hybridized carbons (Fsp3) is 0.600. The lowest BCUT2D eigenvalue weighted by Gasteiger charge is -2.19. The van der Waals surface area contributed by atoms with Crippen LogP contribution in [0.1, 0.15) is 44.6 Å². The van der Waals surface area contributed by atoms with Crippen molar-refractivity contribution in [2.24, 2.45) is 17.8 Å². The highest BCUT2D eigenvalue weighted by Crippen LogP contribution is 2.44. The molecule has 1 aliphatic carbocycles. The second kappa shape index (κ2) is 7.46. The molecule has 1 aromatic carbocycles. The smallest absolute Gasteiger partial charge is 0.308 e. The Bertz CT molecular complexity index is 640. The minimum absolute atomic E-state index is 0.0306. The molecule has 2 fully saturated rings. The van der Waals surface area contributed by atoms with Crippen molar-refractivity contribution in [3.63, 3.8) is 0 Å². The molecule has 5 heteroatoms. The molecule has 5 nitrogen and oxygen atoms in total. The van der Waals surface area contributed by atoms with Crippen molar-refractivity contribution in [2.45, 2.75) is 39.0 Å². The second-order valence-corrected chi connectivity index (χ2v) is 7.38. The van der Waals surface area contributed by atoms with Gasteiger partial charge < -0.3 is 14.7 Å². The molecule has 0 bridgehead atoms. The van der Waals surface area contributed by atoms with Crippen molar-refractivity contribution in [1.29, 1.82) is 0 Å². The summed E-state index contributed by atoms with van der Waals surface area (Å²) in [6.45, 7) is 5.10. The van der Waals surface area contributed by atoms with Crippen molar-refractivity contribution in [3.8, 4) is 5.75 Å². The molecule has 1 aliphatic heterocycles. The van der Waals surface area contributed by atoms with E-state index in [2.05, 4.69) is 13.8 Å². The van der Waals surface area contributed by atoms with Gasteiger partial charge in [-0.15, -0.1) is 0 Å². The number of nitrogens with zero attached hydrogens (tertiary/aromatic N) is 1. The van der Waals surface area contributed by atoms with Crippen LogP contribution in [0.2, 0.25) is 0 Å². The summed E-state index contributed by atoms with van der Waals surface area (Å²) in [5, 5.41) is 9.42. The molecular weight excluding hydrogens is 318 g/mol. The van der Waals surface area contributed by atoms with Crippen LogP contribution in [0.25, 0.3) is 0 Å². The summed E-state index contributed by atoms with van der Waals surface area (Å²) in [5.41, 5.74) is 1.11. The summed E-state index contributed by atoms with van der Waals surface area (Å²) in [6.07, 6.45) is 3.19. The van der Waals surface area contributed by atoms with Gasteiger partial charge in [-0.3, -0.25) is 9.59 Å². The Balaban J connectivity index is 1.61. The van der Waals surface area contributed by atoms with Crippen LogP contribution in [0.15, 0.2) is 24.3 Å². The minimum atomic E-state index is -0.782. The van der Waals surface area contributed by atoms with Crippen molar-refractivity contribution >= 4 is 11.9 Å². The number of benzene rings is 1. The number of aliphatic carboxylic acids is 1. The van der Waals surface area contributed by atoms with Crippen LogP contribution in [0, 0.1) is 17.8 Å². The maximum absolute atomic E-state index is 12.5. The summed E-state index contributed by atoms with van der Waals surface area (Å²) in [7, 11) is 0. The number of amides is 1. The first kappa shape index (κ1) is 17.8. The molecule has 2 aliphatic rings. The molecule has 0 spiro atoms. The standard InChI is InChI=1S/C20H27NO4/c1-3-13(2)15-6-4-5-7-18(15)25-12-19(22)21-10-16(14-8-9-14)17(11-21)20(23)24/h4-7,13-14,16-17H,3,8-12H2,1-2H3,(H,23,24)/t13?,16-,17+/m1/s1. The Morgan fingerprint density at radius 3 is 2.64 bits per heavy atom. The van der Waals surface area contributed by atoms with E-state index in [1.807, 2.05) is 24.3 Å². The average Bonchev–Trinajstić information content (AvgIpc) is 3.37. The topological polar surface area (TPSA) is 66.8 Å².